The molecular weight excluding hydrogens is 227 g/mol. The lowest BCUT2D eigenvalue weighted by molar-refractivity contribution is -0.137. The van der Waals surface area contributed by atoms with Crippen LogP contribution in [0.5, 0.6) is 0 Å². The van der Waals surface area contributed by atoms with E-state index in [-0.39, 0.29) is 5.92 Å². The SMILES string of the molecule is CC(C)C(CN)Cc1cccc(C(F)(F)F)c1. The van der Waals surface area contributed by atoms with Gasteiger partial charge in [-0.3, -0.25) is 0 Å². The molecule has 1 aromatic rings. The maximum absolute atomic E-state index is 12.5. The molecule has 4 heteroatoms. The highest BCUT2D eigenvalue weighted by molar-refractivity contribution is 5.26. The van der Waals surface area contributed by atoms with E-state index in [1.165, 1.54) is 12.1 Å². The fraction of sp³-hybridized carbons (Fsp3) is 0.538. The second-order valence-electron chi connectivity index (χ2n) is 4.64. The summed E-state index contributed by atoms with van der Waals surface area (Å²) < 4.78 is 37.6. The predicted octanol–water partition coefficient (Wildman–Crippen LogP) is 3.48. The zero-order valence-corrected chi connectivity index (χ0v) is 10.1. The van der Waals surface area contributed by atoms with Gasteiger partial charge in [0.25, 0.3) is 0 Å². The molecule has 0 aliphatic carbocycles. The van der Waals surface area contributed by atoms with E-state index in [2.05, 4.69) is 0 Å². The lowest BCUT2D eigenvalue weighted by Gasteiger charge is -2.19. The van der Waals surface area contributed by atoms with Crippen molar-refractivity contribution < 1.29 is 13.2 Å². The Labute approximate surface area is 99.8 Å². The van der Waals surface area contributed by atoms with Gasteiger partial charge in [-0.1, -0.05) is 32.0 Å². The molecule has 0 aromatic heterocycles. The Morgan fingerprint density at radius 1 is 1.24 bits per heavy atom. The summed E-state index contributed by atoms with van der Waals surface area (Å²) in [6, 6.07) is 5.48. The van der Waals surface area contributed by atoms with E-state index in [1.807, 2.05) is 13.8 Å². The van der Waals surface area contributed by atoms with Gasteiger partial charge in [-0.2, -0.15) is 13.2 Å². The van der Waals surface area contributed by atoms with E-state index in [0.717, 1.165) is 6.07 Å². The average molecular weight is 245 g/mol. The summed E-state index contributed by atoms with van der Waals surface area (Å²) >= 11 is 0. The molecule has 17 heavy (non-hydrogen) atoms. The second-order valence-corrected chi connectivity index (χ2v) is 4.64. The maximum atomic E-state index is 12.5. The number of alkyl halides is 3. The first-order valence-corrected chi connectivity index (χ1v) is 5.70. The van der Waals surface area contributed by atoms with Gasteiger partial charge in [0.15, 0.2) is 0 Å². The van der Waals surface area contributed by atoms with Gasteiger partial charge < -0.3 is 5.73 Å². The van der Waals surface area contributed by atoms with Gasteiger partial charge in [0.05, 0.1) is 5.56 Å². The van der Waals surface area contributed by atoms with Crippen molar-refractivity contribution in [3.8, 4) is 0 Å². The van der Waals surface area contributed by atoms with Crippen LogP contribution in [0.2, 0.25) is 0 Å². The molecule has 0 spiro atoms. The van der Waals surface area contributed by atoms with Crippen molar-refractivity contribution >= 4 is 0 Å². The number of rotatable bonds is 4. The number of benzene rings is 1. The first-order valence-electron chi connectivity index (χ1n) is 5.70. The standard InChI is InChI=1S/C13H18F3N/c1-9(2)11(8-17)6-10-4-3-5-12(7-10)13(14,15)16/h3-5,7,9,11H,6,8,17H2,1-2H3. The zero-order valence-electron chi connectivity index (χ0n) is 10.1. The minimum absolute atomic E-state index is 0.221. The van der Waals surface area contributed by atoms with Crippen LogP contribution >= 0.6 is 0 Å². The summed E-state index contributed by atoms with van der Waals surface area (Å²) in [5, 5.41) is 0. The fourth-order valence-corrected chi connectivity index (χ4v) is 1.77. The van der Waals surface area contributed by atoms with E-state index in [1.54, 1.807) is 6.07 Å². The first kappa shape index (κ1) is 14.0. The van der Waals surface area contributed by atoms with Crippen molar-refractivity contribution in [3.05, 3.63) is 35.4 Å². The van der Waals surface area contributed by atoms with Gasteiger partial charge >= 0.3 is 6.18 Å². The molecule has 1 atom stereocenters. The molecule has 0 saturated heterocycles. The molecule has 1 nitrogen and oxygen atoms in total. The highest BCUT2D eigenvalue weighted by atomic mass is 19.4. The highest BCUT2D eigenvalue weighted by Gasteiger charge is 2.30. The molecule has 0 bridgehead atoms. The van der Waals surface area contributed by atoms with Gasteiger partial charge in [-0.15, -0.1) is 0 Å². The van der Waals surface area contributed by atoms with Crippen LogP contribution in [0.1, 0.15) is 25.0 Å². The van der Waals surface area contributed by atoms with Crippen LogP contribution in [0.15, 0.2) is 24.3 Å². The van der Waals surface area contributed by atoms with E-state index >= 15 is 0 Å². The topological polar surface area (TPSA) is 26.0 Å². The van der Waals surface area contributed by atoms with Crippen LogP contribution in [0.4, 0.5) is 13.2 Å². The Kier molecular flexibility index (Phi) is 4.57. The lowest BCUT2D eigenvalue weighted by atomic mass is 9.89. The Hall–Kier alpha value is -1.03. The molecule has 1 aromatic carbocycles. The molecule has 0 amide bonds. The van der Waals surface area contributed by atoms with Crippen molar-refractivity contribution in [3.63, 3.8) is 0 Å². The number of nitrogens with two attached hydrogens (primary N) is 1. The van der Waals surface area contributed by atoms with Crippen LogP contribution in [-0.4, -0.2) is 6.54 Å². The van der Waals surface area contributed by atoms with Crippen LogP contribution in [0, 0.1) is 11.8 Å². The summed E-state index contributed by atoms with van der Waals surface area (Å²) in [7, 11) is 0. The van der Waals surface area contributed by atoms with Crippen molar-refractivity contribution in [2.24, 2.45) is 17.6 Å². The molecule has 0 aliphatic heterocycles. The molecule has 0 radical (unpaired) electrons. The summed E-state index contributed by atoms with van der Waals surface area (Å²) in [5.41, 5.74) is 5.73. The largest absolute Gasteiger partial charge is 0.416 e. The molecule has 0 aliphatic rings. The van der Waals surface area contributed by atoms with E-state index in [9.17, 15) is 13.2 Å². The molecule has 0 heterocycles. The van der Waals surface area contributed by atoms with Crippen molar-refractivity contribution in [2.45, 2.75) is 26.4 Å². The maximum Gasteiger partial charge on any atom is 0.416 e. The Morgan fingerprint density at radius 3 is 2.35 bits per heavy atom. The van der Waals surface area contributed by atoms with Crippen LogP contribution < -0.4 is 5.73 Å². The summed E-state index contributed by atoms with van der Waals surface area (Å²) in [4.78, 5) is 0. The Balaban J connectivity index is 2.85. The van der Waals surface area contributed by atoms with Crippen molar-refractivity contribution in [2.75, 3.05) is 6.54 Å². The number of halogens is 3. The quantitative estimate of drug-likeness (QED) is 0.863. The van der Waals surface area contributed by atoms with E-state index in [0.29, 0.717) is 24.4 Å². The third kappa shape index (κ3) is 4.04. The van der Waals surface area contributed by atoms with E-state index < -0.39 is 11.7 Å². The zero-order chi connectivity index (χ0) is 13.1. The van der Waals surface area contributed by atoms with Gasteiger partial charge in [0.1, 0.15) is 0 Å². The van der Waals surface area contributed by atoms with Gasteiger partial charge in [0, 0.05) is 0 Å². The second kappa shape index (κ2) is 5.54. The van der Waals surface area contributed by atoms with Gasteiger partial charge in [0.2, 0.25) is 0 Å². The normalized spacial score (nSPS) is 14.1. The molecular formula is C13H18F3N. The molecule has 0 fully saturated rings. The summed E-state index contributed by atoms with van der Waals surface area (Å²) in [6.45, 7) is 4.56. The predicted molar refractivity (Wildman–Crippen MR) is 62.5 cm³/mol. The smallest absolute Gasteiger partial charge is 0.330 e. The monoisotopic (exact) mass is 245 g/mol. The minimum Gasteiger partial charge on any atom is -0.330 e. The third-order valence-corrected chi connectivity index (χ3v) is 3.00. The molecule has 1 unspecified atom stereocenters. The van der Waals surface area contributed by atoms with Crippen molar-refractivity contribution in [1.29, 1.82) is 0 Å². The van der Waals surface area contributed by atoms with Gasteiger partial charge in [-0.25, -0.2) is 0 Å². The summed E-state index contributed by atoms with van der Waals surface area (Å²) in [6.07, 6.45) is -3.68. The van der Waals surface area contributed by atoms with Gasteiger partial charge in [-0.05, 0) is 36.4 Å². The summed E-state index contributed by atoms with van der Waals surface area (Å²) in [5.74, 6) is 0.591. The van der Waals surface area contributed by atoms with Crippen LogP contribution in [0.25, 0.3) is 0 Å². The van der Waals surface area contributed by atoms with Crippen LogP contribution in [-0.2, 0) is 12.6 Å². The third-order valence-electron chi connectivity index (χ3n) is 3.00. The molecule has 2 N–H and O–H groups in total. The highest BCUT2D eigenvalue weighted by Crippen LogP contribution is 2.30. The number of hydrogen-bond acceptors (Lipinski definition) is 1. The molecule has 1 rings (SSSR count). The molecule has 0 saturated carbocycles. The van der Waals surface area contributed by atoms with Crippen molar-refractivity contribution in [1.82, 2.24) is 0 Å². The lowest BCUT2D eigenvalue weighted by Crippen LogP contribution is -2.22. The fourth-order valence-electron chi connectivity index (χ4n) is 1.77. The Bertz CT molecular complexity index is 358. The number of hydrogen-bond donors (Lipinski definition) is 1. The first-order chi connectivity index (χ1) is 7.84. The average Bonchev–Trinajstić information content (AvgIpc) is 2.24. The van der Waals surface area contributed by atoms with E-state index in [4.69, 9.17) is 5.73 Å². The molecule has 96 valence electrons. The Morgan fingerprint density at radius 2 is 1.88 bits per heavy atom. The van der Waals surface area contributed by atoms with Crippen LogP contribution in [0.3, 0.4) is 0 Å². The minimum atomic E-state index is -4.27.